The lowest BCUT2D eigenvalue weighted by atomic mass is 9.91. The number of carbonyl (C=O) groups is 1. The van der Waals surface area contributed by atoms with Gasteiger partial charge < -0.3 is 15.6 Å². The number of alkyl halides is 1. The van der Waals surface area contributed by atoms with Gasteiger partial charge in [0, 0.05) is 13.0 Å². The Labute approximate surface area is 96.0 Å². The summed E-state index contributed by atoms with van der Waals surface area (Å²) >= 11 is 0. The van der Waals surface area contributed by atoms with E-state index in [0.717, 1.165) is 12.8 Å². The third kappa shape index (κ3) is 8.61. The zero-order chi connectivity index (χ0) is 12.4. The predicted molar refractivity (Wildman–Crippen MR) is 60.0 cm³/mol. The smallest absolute Gasteiger partial charge is 0.303 e. The van der Waals surface area contributed by atoms with Gasteiger partial charge in [-0.1, -0.05) is 6.92 Å². The second-order valence-electron chi connectivity index (χ2n) is 4.13. The quantitative estimate of drug-likeness (QED) is 0.562. The third-order valence-electron chi connectivity index (χ3n) is 2.51. The first kappa shape index (κ1) is 15.3. The van der Waals surface area contributed by atoms with E-state index in [2.05, 4.69) is 0 Å². The summed E-state index contributed by atoms with van der Waals surface area (Å²) in [6.45, 7) is 2.63. The molecule has 0 aromatic rings. The zero-order valence-electron chi connectivity index (χ0n) is 9.82. The Morgan fingerprint density at radius 2 is 2.19 bits per heavy atom. The predicted octanol–water partition coefficient (Wildman–Crippen LogP) is 1.44. The molecule has 4 nitrogen and oxygen atoms in total. The molecule has 0 aliphatic rings. The van der Waals surface area contributed by atoms with E-state index in [1.54, 1.807) is 0 Å². The van der Waals surface area contributed by atoms with Crippen molar-refractivity contribution in [3.8, 4) is 0 Å². The Hall–Kier alpha value is -0.680. The lowest BCUT2D eigenvalue weighted by molar-refractivity contribution is -0.138. The van der Waals surface area contributed by atoms with Crippen LogP contribution in [-0.4, -0.2) is 37.5 Å². The summed E-state index contributed by atoms with van der Waals surface area (Å²) in [6, 6.07) is 0. The highest BCUT2D eigenvalue weighted by molar-refractivity contribution is 5.67. The van der Waals surface area contributed by atoms with Crippen molar-refractivity contribution in [3.05, 3.63) is 0 Å². The Morgan fingerprint density at radius 3 is 2.69 bits per heavy atom. The molecule has 1 unspecified atom stereocenters. The average Bonchev–Trinajstić information content (AvgIpc) is 2.23. The first-order chi connectivity index (χ1) is 7.60. The van der Waals surface area contributed by atoms with Gasteiger partial charge in [-0.3, -0.25) is 4.79 Å². The van der Waals surface area contributed by atoms with E-state index in [1.165, 1.54) is 0 Å². The van der Waals surface area contributed by atoms with Crippen LogP contribution in [0.3, 0.4) is 0 Å². The van der Waals surface area contributed by atoms with Crippen molar-refractivity contribution in [2.24, 2.45) is 17.6 Å². The number of rotatable bonds is 10. The molecular formula is C11H22FNO3. The fourth-order valence-electron chi connectivity index (χ4n) is 1.64. The van der Waals surface area contributed by atoms with Gasteiger partial charge in [0.05, 0.1) is 6.61 Å². The highest BCUT2D eigenvalue weighted by atomic mass is 19.1. The molecule has 0 rings (SSSR count). The minimum atomic E-state index is -0.809. The Bertz CT molecular complexity index is 190. The Balaban J connectivity index is 3.65. The molecule has 2 atom stereocenters. The summed E-state index contributed by atoms with van der Waals surface area (Å²) in [5.41, 5.74) is 5.50. The number of nitrogens with two attached hydrogens (primary N) is 1. The van der Waals surface area contributed by atoms with Gasteiger partial charge in [-0.05, 0) is 31.2 Å². The number of aliphatic carboxylic acids is 1. The van der Waals surface area contributed by atoms with Crippen molar-refractivity contribution in [3.63, 3.8) is 0 Å². The topological polar surface area (TPSA) is 72.5 Å². The molecule has 0 radical (unpaired) electrons. The van der Waals surface area contributed by atoms with E-state index >= 15 is 0 Å². The molecule has 0 fully saturated rings. The lowest BCUT2D eigenvalue weighted by Gasteiger charge is -2.17. The number of carboxylic acid groups (broad SMARTS) is 1. The summed E-state index contributed by atoms with van der Waals surface area (Å²) in [6.07, 6.45) is 1.71. The van der Waals surface area contributed by atoms with Crippen LogP contribution in [0.25, 0.3) is 0 Å². The van der Waals surface area contributed by atoms with Gasteiger partial charge in [0.2, 0.25) is 0 Å². The highest BCUT2D eigenvalue weighted by Gasteiger charge is 2.15. The summed E-state index contributed by atoms with van der Waals surface area (Å²) in [5.74, 6) is -0.433. The minimum Gasteiger partial charge on any atom is -0.481 e. The molecular weight excluding hydrogens is 213 g/mol. The van der Waals surface area contributed by atoms with Crippen LogP contribution in [0, 0.1) is 11.8 Å². The van der Waals surface area contributed by atoms with Crippen LogP contribution >= 0.6 is 0 Å². The molecule has 0 spiro atoms. The SMILES string of the molecule is CC(CCOCCF)C[C@H](CN)CC(=O)O. The molecule has 0 bridgehead atoms. The second-order valence-corrected chi connectivity index (χ2v) is 4.13. The van der Waals surface area contributed by atoms with E-state index in [-0.39, 0.29) is 18.9 Å². The maximum atomic E-state index is 11.7. The van der Waals surface area contributed by atoms with Crippen molar-refractivity contribution < 1.29 is 19.0 Å². The first-order valence-electron chi connectivity index (χ1n) is 5.65. The van der Waals surface area contributed by atoms with Crippen LogP contribution in [0.5, 0.6) is 0 Å². The first-order valence-corrected chi connectivity index (χ1v) is 5.65. The highest BCUT2D eigenvalue weighted by Crippen LogP contribution is 2.17. The minimum absolute atomic E-state index is 0.0219. The molecule has 96 valence electrons. The molecule has 16 heavy (non-hydrogen) atoms. The van der Waals surface area contributed by atoms with Crippen LogP contribution in [0.4, 0.5) is 4.39 Å². The van der Waals surface area contributed by atoms with Gasteiger partial charge in [-0.2, -0.15) is 0 Å². The molecule has 0 aliphatic carbocycles. The van der Waals surface area contributed by atoms with Crippen LogP contribution in [0.1, 0.15) is 26.2 Å². The summed E-state index contributed by atoms with van der Waals surface area (Å²) < 4.78 is 16.7. The van der Waals surface area contributed by atoms with E-state index in [4.69, 9.17) is 15.6 Å². The third-order valence-corrected chi connectivity index (χ3v) is 2.51. The van der Waals surface area contributed by atoms with Crippen molar-refractivity contribution >= 4 is 5.97 Å². The molecule has 0 saturated heterocycles. The van der Waals surface area contributed by atoms with Crippen LogP contribution in [0.15, 0.2) is 0 Å². The number of ether oxygens (including phenoxy) is 1. The molecule has 0 amide bonds. The van der Waals surface area contributed by atoms with Gasteiger partial charge >= 0.3 is 5.97 Å². The van der Waals surface area contributed by atoms with Crippen LogP contribution < -0.4 is 5.73 Å². The van der Waals surface area contributed by atoms with Crippen molar-refractivity contribution in [1.29, 1.82) is 0 Å². The van der Waals surface area contributed by atoms with Crippen LogP contribution in [-0.2, 0) is 9.53 Å². The Morgan fingerprint density at radius 1 is 1.50 bits per heavy atom. The second kappa shape index (κ2) is 9.54. The van der Waals surface area contributed by atoms with Gasteiger partial charge in [-0.25, -0.2) is 4.39 Å². The standard InChI is InChI=1S/C11H22FNO3/c1-9(2-4-16-5-3-12)6-10(8-13)7-11(14)15/h9-10H,2-8,13H2,1H3,(H,14,15)/t9?,10-/m0/s1. The maximum Gasteiger partial charge on any atom is 0.303 e. The monoisotopic (exact) mass is 235 g/mol. The molecule has 0 aliphatic heterocycles. The number of carboxylic acids is 1. The largest absolute Gasteiger partial charge is 0.481 e. The van der Waals surface area contributed by atoms with Gasteiger partial charge in [0.25, 0.3) is 0 Å². The number of hydrogen-bond donors (Lipinski definition) is 2. The molecule has 5 heteroatoms. The summed E-state index contributed by atoms with van der Waals surface area (Å²) in [4.78, 5) is 10.5. The number of halogens is 1. The molecule has 3 N–H and O–H groups in total. The fraction of sp³-hybridized carbons (Fsp3) is 0.909. The summed E-state index contributed by atoms with van der Waals surface area (Å²) in [7, 11) is 0. The zero-order valence-corrected chi connectivity index (χ0v) is 9.82. The molecule has 0 aromatic heterocycles. The normalized spacial score (nSPS) is 14.7. The molecule has 0 heterocycles. The lowest BCUT2D eigenvalue weighted by Crippen LogP contribution is -2.21. The van der Waals surface area contributed by atoms with Gasteiger partial charge in [0.1, 0.15) is 6.67 Å². The van der Waals surface area contributed by atoms with E-state index in [9.17, 15) is 9.18 Å². The van der Waals surface area contributed by atoms with Gasteiger partial charge in [0.15, 0.2) is 0 Å². The van der Waals surface area contributed by atoms with Crippen molar-refractivity contribution in [2.45, 2.75) is 26.2 Å². The molecule has 0 saturated carbocycles. The Kier molecular flexibility index (Phi) is 9.13. The van der Waals surface area contributed by atoms with E-state index < -0.39 is 12.6 Å². The van der Waals surface area contributed by atoms with Crippen molar-refractivity contribution in [1.82, 2.24) is 0 Å². The number of hydrogen-bond acceptors (Lipinski definition) is 3. The van der Waals surface area contributed by atoms with E-state index in [0.29, 0.717) is 19.1 Å². The summed E-state index contributed by atoms with van der Waals surface area (Å²) in [5, 5.41) is 8.65. The van der Waals surface area contributed by atoms with Crippen LogP contribution in [0.2, 0.25) is 0 Å². The fourth-order valence-corrected chi connectivity index (χ4v) is 1.64. The molecule has 0 aromatic carbocycles. The van der Waals surface area contributed by atoms with Crippen molar-refractivity contribution in [2.75, 3.05) is 26.4 Å². The maximum absolute atomic E-state index is 11.7. The average molecular weight is 235 g/mol. The van der Waals surface area contributed by atoms with Gasteiger partial charge in [-0.15, -0.1) is 0 Å². The van der Waals surface area contributed by atoms with E-state index in [1.807, 2.05) is 6.92 Å².